The molecule has 0 saturated carbocycles. The highest BCUT2D eigenvalue weighted by Gasteiger charge is 2.21. The highest BCUT2D eigenvalue weighted by Crippen LogP contribution is 2.44. The van der Waals surface area contributed by atoms with Crippen molar-refractivity contribution in [1.82, 2.24) is 0 Å². The number of phenolic OH excluding ortho intramolecular Hbond substituents is 1. The van der Waals surface area contributed by atoms with E-state index in [0.29, 0.717) is 11.1 Å². The number of nitrogens with zero attached hydrogens (tertiary/aromatic N) is 5. The fraction of sp³-hybridized carbons (Fsp3) is 0.304. The number of hydrogen-bond acceptors (Lipinski definition) is 9. The molecule has 0 heterocycles. The molecule has 0 bridgehead atoms. The van der Waals surface area contributed by atoms with Crippen LogP contribution in [0.15, 0.2) is 52.7 Å². The summed E-state index contributed by atoms with van der Waals surface area (Å²) >= 11 is 0. The zero-order valence-corrected chi connectivity index (χ0v) is 19.1. The average Bonchev–Trinajstić information content (AvgIpc) is 2.82. The Morgan fingerprint density at radius 1 is 0.941 bits per heavy atom. The maximum Gasteiger partial charge on any atom is 0.303 e. The molecule has 0 saturated heterocycles. The Hall–Kier alpha value is -4.28. The minimum absolute atomic E-state index is 0.109. The maximum atomic E-state index is 11.4. The van der Waals surface area contributed by atoms with E-state index in [0.717, 1.165) is 55.2 Å². The number of ether oxygens (including phenoxy) is 1. The van der Waals surface area contributed by atoms with E-state index in [2.05, 4.69) is 29.0 Å². The maximum absolute atomic E-state index is 11.4. The predicted molar refractivity (Wildman–Crippen MR) is 129 cm³/mol. The van der Waals surface area contributed by atoms with Crippen LogP contribution in [0.2, 0.25) is 0 Å². The lowest BCUT2D eigenvalue weighted by Gasteiger charge is -2.26. The van der Waals surface area contributed by atoms with Crippen LogP contribution in [0.5, 0.6) is 11.5 Å². The Morgan fingerprint density at radius 3 is 2.24 bits per heavy atom. The van der Waals surface area contributed by atoms with Crippen LogP contribution in [0.4, 0.5) is 28.4 Å². The SMILES string of the molecule is CCCN(CCC)c1cc(O)c(N=Nc2ccc([N+](=O)[O-])cc2[N+](=O)[O-])c2cc(OC)ccc12. The van der Waals surface area contributed by atoms with Crippen LogP contribution >= 0.6 is 0 Å². The first-order valence-corrected chi connectivity index (χ1v) is 10.7. The molecular weight excluding hydrogens is 442 g/mol. The Balaban J connectivity index is 2.19. The molecule has 3 rings (SSSR count). The van der Waals surface area contributed by atoms with E-state index in [1.54, 1.807) is 18.2 Å². The van der Waals surface area contributed by atoms with Crippen LogP contribution in [-0.4, -0.2) is 35.2 Å². The van der Waals surface area contributed by atoms with Crippen molar-refractivity contribution in [3.8, 4) is 11.5 Å². The van der Waals surface area contributed by atoms with Crippen molar-refractivity contribution >= 4 is 39.2 Å². The number of phenols is 1. The molecule has 0 aromatic heterocycles. The highest BCUT2D eigenvalue weighted by atomic mass is 16.6. The fourth-order valence-electron chi connectivity index (χ4n) is 3.70. The molecule has 0 amide bonds. The number of rotatable bonds is 10. The summed E-state index contributed by atoms with van der Waals surface area (Å²) in [5.74, 6) is 0.389. The molecule has 34 heavy (non-hydrogen) atoms. The lowest BCUT2D eigenvalue weighted by molar-refractivity contribution is -0.393. The normalized spacial score (nSPS) is 11.1. The minimum atomic E-state index is -0.765. The van der Waals surface area contributed by atoms with Gasteiger partial charge in [-0.3, -0.25) is 20.2 Å². The van der Waals surface area contributed by atoms with Gasteiger partial charge in [0.15, 0.2) is 5.69 Å². The smallest absolute Gasteiger partial charge is 0.303 e. The molecule has 0 aliphatic carbocycles. The molecule has 0 aliphatic heterocycles. The van der Waals surface area contributed by atoms with Crippen LogP contribution in [0.1, 0.15) is 26.7 Å². The molecule has 11 nitrogen and oxygen atoms in total. The van der Waals surface area contributed by atoms with Gasteiger partial charge in [-0.1, -0.05) is 13.8 Å². The highest BCUT2D eigenvalue weighted by molar-refractivity contribution is 6.04. The van der Waals surface area contributed by atoms with E-state index < -0.39 is 21.2 Å². The van der Waals surface area contributed by atoms with Crippen molar-refractivity contribution < 1.29 is 19.7 Å². The van der Waals surface area contributed by atoms with Crippen molar-refractivity contribution in [3.63, 3.8) is 0 Å². The standard InChI is InChI=1S/C23H25N5O6/c1-4-10-26(11-5-2)20-14-22(29)23(18-13-16(34-3)7-8-17(18)20)25-24-19-9-6-15(27(30)31)12-21(19)28(32)33/h6-9,12-14,29H,4-5,10-11H2,1-3H3. The van der Waals surface area contributed by atoms with E-state index in [1.807, 2.05) is 6.07 Å². The molecule has 0 spiro atoms. The topological polar surface area (TPSA) is 144 Å². The molecule has 11 heteroatoms. The molecule has 0 aliphatic rings. The second-order valence-electron chi connectivity index (χ2n) is 7.55. The van der Waals surface area contributed by atoms with Crippen LogP contribution in [0.3, 0.4) is 0 Å². The van der Waals surface area contributed by atoms with E-state index in [9.17, 15) is 25.3 Å². The second-order valence-corrected chi connectivity index (χ2v) is 7.55. The molecule has 178 valence electrons. The van der Waals surface area contributed by atoms with Crippen LogP contribution in [-0.2, 0) is 0 Å². The fourth-order valence-corrected chi connectivity index (χ4v) is 3.70. The summed E-state index contributed by atoms with van der Waals surface area (Å²) in [6.45, 7) is 5.75. The Morgan fingerprint density at radius 2 is 1.65 bits per heavy atom. The molecule has 0 fully saturated rings. The van der Waals surface area contributed by atoms with Gasteiger partial charge in [0.1, 0.15) is 17.2 Å². The first kappa shape index (κ1) is 24.4. The number of azo groups is 1. The Bertz CT molecular complexity index is 1250. The summed E-state index contributed by atoms with van der Waals surface area (Å²) in [7, 11) is 1.52. The van der Waals surface area contributed by atoms with Crippen molar-refractivity contribution in [2.45, 2.75) is 26.7 Å². The first-order valence-electron chi connectivity index (χ1n) is 10.7. The average molecular weight is 467 g/mol. The van der Waals surface area contributed by atoms with E-state index in [4.69, 9.17) is 4.74 Å². The minimum Gasteiger partial charge on any atom is -0.506 e. The van der Waals surface area contributed by atoms with Crippen molar-refractivity contribution in [3.05, 3.63) is 62.7 Å². The van der Waals surface area contributed by atoms with E-state index >= 15 is 0 Å². The quantitative estimate of drug-likeness (QED) is 0.206. The summed E-state index contributed by atoms with van der Waals surface area (Å²) < 4.78 is 5.34. The predicted octanol–water partition coefficient (Wildman–Crippen LogP) is 6.41. The number of nitro groups is 2. The van der Waals surface area contributed by atoms with Crippen LogP contribution in [0.25, 0.3) is 10.8 Å². The lowest BCUT2D eigenvalue weighted by Crippen LogP contribution is -2.25. The third-order valence-corrected chi connectivity index (χ3v) is 5.23. The number of hydrogen-bond donors (Lipinski definition) is 1. The number of benzene rings is 3. The molecule has 1 N–H and O–H groups in total. The summed E-state index contributed by atoms with van der Waals surface area (Å²) in [6.07, 6.45) is 1.84. The molecule has 0 atom stereocenters. The van der Waals surface area contributed by atoms with E-state index in [-0.39, 0.29) is 17.1 Å². The molecule has 0 radical (unpaired) electrons. The lowest BCUT2D eigenvalue weighted by atomic mass is 10.0. The van der Waals surface area contributed by atoms with Crippen LogP contribution < -0.4 is 9.64 Å². The van der Waals surface area contributed by atoms with Gasteiger partial charge >= 0.3 is 5.69 Å². The second kappa shape index (κ2) is 10.6. The number of anilines is 1. The summed E-state index contributed by atoms with van der Waals surface area (Å²) in [5.41, 5.74) is -0.223. The van der Waals surface area contributed by atoms with Crippen molar-refractivity contribution in [2.75, 3.05) is 25.1 Å². The molecule has 0 unspecified atom stereocenters. The van der Waals surface area contributed by atoms with Crippen molar-refractivity contribution in [1.29, 1.82) is 0 Å². The Labute approximate surface area is 195 Å². The summed E-state index contributed by atoms with van der Waals surface area (Å²) in [6, 6.07) is 10.1. The van der Waals surface area contributed by atoms with Gasteiger partial charge in [0, 0.05) is 41.7 Å². The van der Waals surface area contributed by atoms with Gasteiger partial charge in [-0.2, -0.15) is 0 Å². The summed E-state index contributed by atoms with van der Waals surface area (Å²) in [5, 5.41) is 42.7. The molecular formula is C23H25N5O6. The van der Waals surface area contributed by atoms with Crippen LogP contribution in [0, 0.1) is 20.2 Å². The van der Waals surface area contributed by atoms with Gasteiger partial charge in [-0.05, 0) is 37.1 Å². The van der Waals surface area contributed by atoms with Gasteiger partial charge in [-0.15, -0.1) is 10.2 Å². The van der Waals surface area contributed by atoms with Crippen molar-refractivity contribution in [2.24, 2.45) is 10.2 Å². The van der Waals surface area contributed by atoms with E-state index in [1.165, 1.54) is 7.11 Å². The van der Waals surface area contributed by atoms with Gasteiger partial charge < -0.3 is 14.7 Å². The zero-order valence-electron chi connectivity index (χ0n) is 19.1. The van der Waals surface area contributed by atoms with Gasteiger partial charge in [-0.25, -0.2) is 0 Å². The number of methoxy groups -OCH3 is 1. The number of aromatic hydroxyl groups is 1. The zero-order chi connectivity index (χ0) is 24.8. The Kier molecular flexibility index (Phi) is 7.57. The first-order chi connectivity index (χ1) is 16.3. The molecule has 3 aromatic carbocycles. The van der Waals surface area contributed by atoms with Gasteiger partial charge in [0.05, 0.1) is 23.0 Å². The summed E-state index contributed by atoms with van der Waals surface area (Å²) in [4.78, 5) is 23.1. The third-order valence-electron chi connectivity index (χ3n) is 5.23. The van der Waals surface area contributed by atoms with Gasteiger partial charge in [0.25, 0.3) is 5.69 Å². The monoisotopic (exact) mass is 467 g/mol. The number of nitro benzene ring substituents is 2. The number of fused-ring (bicyclic) bond motifs is 1. The van der Waals surface area contributed by atoms with Gasteiger partial charge in [0.2, 0.25) is 0 Å². The third kappa shape index (κ3) is 5.03. The number of non-ortho nitro benzene ring substituents is 1. The largest absolute Gasteiger partial charge is 0.506 e. The molecule has 3 aromatic rings.